The molecule has 2 N–H and O–H groups in total. The summed E-state index contributed by atoms with van der Waals surface area (Å²) in [5.74, 6) is -0.980. The molecule has 3 aromatic rings. The molecule has 2 aromatic carbocycles. The highest BCUT2D eigenvalue weighted by molar-refractivity contribution is 5.98. The lowest BCUT2D eigenvalue weighted by Gasteiger charge is -2.21. The minimum absolute atomic E-state index is 0.00775. The van der Waals surface area contributed by atoms with E-state index in [1.165, 1.54) is 36.5 Å². The minimum atomic E-state index is -0.562. The number of benzene rings is 2. The van der Waals surface area contributed by atoms with Crippen LogP contribution in [0.4, 0.5) is 10.1 Å². The van der Waals surface area contributed by atoms with Gasteiger partial charge in [0.15, 0.2) is 0 Å². The molecule has 1 heterocycles. The molecule has 0 aliphatic carbocycles. The third-order valence-corrected chi connectivity index (χ3v) is 4.44. The lowest BCUT2D eigenvalue weighted by Crippen LogP contribution is -2.42. The topological polar surface area (TPSA) is 101 Å². The van der Waals surface area contributed by atoms with E-state index < -0.39 is 23.5 Å². The first-order valence-corrected chi connectivity index (χ1v) is 9.72. The first kappa shape index (κ1) is 22.5. The summed E-state index contributed by atoms with van der Waals surface area (Å²) >= 11 is 0. The molecule has 9 heteroatoms. The number of halogens is 1. The first-order valence-electron chi connectivity index (χ1n) is 9.72. The quantitative estimate of drug-likeness (QED) is 0.534. The van der Waals surface area contributed by atoms with Gasteiger partial charge in [0.25, 0.3) is 5.91 Å². The van der Waals surface area contributed by atoms with Crippen molar-refractivity contribution in [2.45, 2.75) is 6.54 Å². The van der Waals surface area contributed by atoms with Gasteiger partial charge in [-0.3, -0.25) is 14.4 Å². The Morgan fingerprint density at radius 1 is 1.03 bits per heavy atom. The third kappa shape index (κ3) is 6.43. The maximum absolute atomic E-state index is 13.5. The second kappa shape index (κ2) is 10.8. The number of hydrogen-bond acceptors (Lipinski definition) is 5. The Morgan fingerprint density at radius 3 is 2.47 bits per heavy atom. The van der Waals surface area contributed by atoms with Crippen molar-refractivity contribution in [1.29, 1.82) is 0 Å². The Hall–Kier alpha value is -4.14. The van der Waals surface area contributed by atoms with Crippen LogP contribution in [0, 0.1) is 5.82 Å². The molecule has 1 aromatic heterocycles. The van der Waals surface area contributed by atoms with E-state index in [1.54, 1.807) is 36.4 Å². The average Bonchev–Trinajstić information content (AvgIpc) is 3.30. The van der Waals surface area contributed by atoms with Gasteiger partial charge in [-0.15, -0.1) is 0 Å². The third-order valence-electron chi connectivity index (χ3n) is 4.44. The van der Waals surface area contributed by atoms with Crippen LogP contribution in [0.2, 0.25) is 0 Å². The van der Waals surface area contributed by atoms with E-state index in [0.717, 1.165) is 6.07 Å². The number of anilines is 1. The molecule has 0 atom stereocenters. The van der Waals surface area contributed by atoms with Gasteiger partial charge in [-0.2, -0.15) is 0 Å². The average molecular weight is 439 g/mol. The fraction of sp³-hybridized carbons (Fsp3) is 0.174. The van der Waals surface area contributed by atoms with E-state index in [2.05, 4.69) is 10.6 Å². The number of amides is 3. The number of nitrogens with zero attached hydrogens (tertiary/aromatic N) is 1. The number of carbonyl (C=O) groups is 3. The van der Waals surface area contributed by atoms with Gasteiger partial charge >= 0.3 is 0 Å². The lowest BCUT2D eigenvalue weighted by atomic mass is 10.2. The van der Waals surface area contributed by atoms with Gasteiger partial charge in [0.05, 0.1) is 26.5 Å². The van der Waals surface area contributed by atoms with E-state index in [1.807, 2.05) is 0 Å². The van der Waals surface area contributed by atoms with Crippen LogP contribution in [0.3, 0.4) is 0 Å². The molecule has 166 valence electrons. The van der Waals surface area contributed by atoms with Crippen LogP contribution in [0.1, 0.15) is 16.1 Å². The summed E-state index contributed by atoms with van der Waals surface area (Å²) in [6.07, 6.45) is 1.45. The Balaban J connectivity index is 1.58. The predicted octanol–water partition coefficient (Wildman–Crippen LogP) is 2.82. The smallest absolute Gasteiger partial charge is 0.254 e. The summed E-state index contributed by atoms with van der Waals surface area (Å²) < 4.78 is 23.9. The summed E-state index contributed by atoms with van der Waals surface area (Å²) in [7, 11) is 1.54. The molecule has 0 aliphatic rings. The van der Waals surface area contributed by atoms with Gasteiger partial charge in [0.2, 0.25) is 11.8 Å². The molecule has 0 bridgehead atoms. The number of ether oxygens (including phenoxy) is 1. The van der Waals surface area contributed by atoms with Crippen LogP contribution in [0.25, 0.3) is 0 Å². The van der Waals surface area contributed by atoms with Crippen LogP contribution >= 0.6 is 0 Å². The molecule has 0 aliphatic heterocycles. The monoisotopic (exact) mass is 439 g/mol. The summed E-state index contributed by atoms with van der Waals surface area (Å²) in [5, 5.41) is 5.13. The van der Waals surface area contributed by atoms with Gasteiger partial charge in [0, 0.05) is 11.3 Å². The second-order valence-corrected chi connectivity index (χ2v) is 6.80. The van der Waals surface area contributed by atoms with Crippen molar-refractivity contribution < 1.29 is 27.9 Å². The highest BCUT2D eigenvalue weighted by Gasteiger charge is 2.21. The molecule has 3 rings (SSSR count). The van der Waals surface area contributed by atoms with Crippen molar-refractivity contribution in [2.75, 3.05) is 25.5 Å². The molecule has 3 amide bonds. The van der Waals surface area contributed by atoms with Crippen molar-refractivity contribution in [1.82, 2.24) is 10.2 Å². The number of carbonyl (C=O) groups excluding carboxylic acids is 3. The first-order chi connectivity index (χ1) is 15.4. The van der Waals surface area contributed by atoms with E-state index in [4.69, 9.17) is 9.15 Å². The summed E-state index contributed by atoms with van der Waals surface area (Å²) in [4.78, 5) is 38.6. The van der Waals surface area contributed by atoms with Gasteiger partial charge in [0.1, 0.15) is 23.9 Å². The van der Waals surface area contributed by atoms with Gasteiger partial charge in [-0.1, -0.05) is 6.07 Å². The zero-order valence-corrected chi connectivity index (χ0v) is 17.3. The van der Waals surface area contributed by atoms with Crippen molar-refractivity contribution in [3.8, 4) is 5.75 Å². The highest BCUT2D eigenvalue weighted by Crippen LogP contribution is 2.15. The fourth-order valence-electron chi connectivity index (χ4n) is 2.88. The molecular weight excluding hydrogens is 417 g/mol. The lowest BCUT2D eigenvalue weighted by molar-refractivity contribution is -0.124. The number of hydrogen-bond donors (Lipinski definition) is 2. The molecule has 8 nitrogen and oxygen atoms in total. The summed E-state index contributed by atoms with van der Waals surface area (Å²) in [6, 6.07) is 15.2. The largest absolute Gasteiger partial charge is 0.497 e. The molecule has 32 heavy (non-hydrogen) atoms. The van der Waals surface area contributed by atoms with Crippen molar-refractivity contribution in [2.24, 2.45) is 0 Å². The van der Waals surface area contributed by atoms with Crippen LogP contribution in [-0.4, -0.2) is 42.8 Å². The Labute approximate surface area is 184 Å². The molecule has 0 saturated heterocycles. The van der Waals surface area contributed by atoms with E-state index in [-0.39, 0.29) is 25.2 Å². The van der Waals surface area contributed by atoms with Crippen molar-refractivity contribution >= 4 is 23.4 Å². The molecule has 0 unspecified atom stereocenters. The number of methoxy groups -OCH3 is 1. The number of nitrogens with one attached hydrogen (secondary N) is 2. The standard InChI is InChI=1S/C23H22FN3O5/c1-31-19-9-7-18(8-10-19)26-21(28)13-25-22(29)15-27(14-20-6-3-11-32-20)23(30)16-4-2-5-17(24)12-16/h2-12H,13-15H2,1H3,(H,25,29)(H,26,28). The van der Waals surface area contributed by atoms with Gasteiger partial charge in [-0.05, 0) is 54.6 Å². The van der Waals surface area contributed by atoms with Crippen LogP contribution in [0.15, 0.2) is 71.3 Å². The Morgan fingerprint density at radius 2 is 1.81 bits per heavy atom. The minimum Gasteiger partial charge on any atom is -0.497 e. The van der Waals surface area contributed by atoms with Gasteiger partial charge < -0.3 is 24.7 Å². The van der Waals surface area contributed by atoms with Crippen molar-refractivity contribution in [3.05, 3.63) is 84.1 Å². The Bertz CT molecular complexity index is 1070. The number of furan rings is 1. The molecule has 0 radical (unpaired) electrons. The zero-order chi connectivity index (χ0) is 22.9. The maximum Gasteiger partial charge on any atom is 0.254 e. The number of rotatable bonds is 9. The SMILES string of the molecule is COc1ccc(NC(=O)CNC(=O)CN(Cc2ccco2)C(=O)c2cccc(F)c2)cc1. The second-order valence-electron chi connectivity index (χ2n) is 6.80. The van der Waals surface area contributed by atoms with E-state index in [0.29, 0.717) is 17.2 Å². The maximum atomic E-state index is 13.5. The van der Waals surface area contributed by atoms with Crippen LogP contribution in [0.5, 0.6) is 5.75 Å². The summed E-state index contributed by atoms with van der Waals surface area (Å²) in [6.45, 7) is -0.618. The Kier molecular flexibility index (Phi) is 7.58. The molecule has 0 saturated carbocycles. The van der Waals surface area contributed by atoms with Crippen LogP contribution < -0.4 is 15.4 Å². The summed E-state index contributed by atoms with van der Waals surface area (Å²) in [5.41, 5.74) is 0.646. The molecule has 0 fully saturated rings. The van der Waals surface area contributed by atoms with Crippen LogP contribution in [-0.2, 0) is 16.1 Å². The van der Waals surface area contributed by atoms with E-state index in [9.17, 15) is 18.8 Å². The fourth-order valence-corrected chi connectivity index (χ4v) is 2.88. The van der Waals surface area contributed by atoms with Crippen molar-refractivity contribution in [3.63, 3.8) is 0 Å². The highest BCUT2D eigenvalue weighted by atomic mass is 19.1. The zero-order valence-electron chi connectivity index (χ0n) is 17.3. The molecular formula is C23H22FN3O5. The van der Waals surface area contributed by atoms with Gasteiger partial charge in [-0.25, -0.2) is 4.39 Å². The van der Waals surface area contributed by atoms with E-state index >= 15 is 0 Å². The molecule has 0 spiro atoms. The normalized spacial score (nSPS) is 10.3. The predicted molar refractivity (Wildman–Crippen MR) is 114 cm³/mol.